The molecule has 0 bridgehead atoms. The molecular weight excluding hydrogens is 256 g/mol. The Balaban J connectivity index is 2.40. The van der Waals surface area contributed by atoms with E-state index in [9.17, 15) is 4.79 Å². The monoisotopic (exact) mass is 282 g/mol. The third-order valence-electron chi connectivity index (χ3n) is 3.46. The van der Waals surface area contributed by atoms with Crippen LogP contribution in [0.1, 0.15) is 52.0 Å². The summed E-state index contributed by atoms with van der Waals surface area (Å²) in [5, 5.41) is 3.34. The van der Waals surface area contributed by atoms with E-state index in [1.807, 2.05) is 13.8 Å². The lowest BCUT2D eigenvalue weighted by Crippen LogP contribution is -2.28. The second-order valence-corrected chi connectivity index (χ2v) is 5.72. The van der Waals surface area contributed by atoms with Crippen molar-refractivity contribution in [3.8, 4) is 0 Å². The van der Waals surface area contributed by atoms with Gasteiger partial charge in [0.1, 0.15) is 4.51 Å². The van der Waals surface area contributed by atoms with Crippen molar-refractivity contribution in [3.63, 3.8) is 0 Å². The summed E-state index contributed by atoms with van der Waals surface area (Å²) in [6.07, 6.45) is 2.28. The SMILES string of the molecule is CCCN(CC)CCCNc1c(C(C)C)c(=O)c1=S. The van der Waals surface area contributed by atoms with E-state index in [4.69, 9.17) is 12.2 Å². The minimum absolute atomic E-state index is 0.0636. The van der Waals surface area contributed by atoms with Gasteiger partial charge in [-0.1, -0.05) is 39.9 Å². The maximum absolute atomic E-state index is 11.6. The summed E-state index contributed by atoms with van der Waals surface area (Å²) in [5.74, 6) is 0.258. The maximum atomic E-state index is 11.6. The molecule has 3 nitrogen and oxygen atoms in total. The highest BCUT2D eigenvalue weighted by Crippen LogP contribution is 2.24. The molecule has 0 atom stereocenters. The number of rotatable bonds is 9. The smallest absolute Gasteiger partial charge is 0.204 e. The van der Waals surface area contributed by atoms with Crippen LogP contribution in [0, 0.1) is 4.51 Å². The van der Waals surface area contributed by atoms with Gasteiger partial charge in [0, 0.05) is 12.1 Å². The molecule has 0 unspecified atom stereocenters. The predicted molar refractivity (Wildman–Crippen MR) is 85.5 cm³/mol. The molecular formula is C15H26N2OS. The number of anilines is 1. The predicted octanol–water partition coefficient (Wildman–Crippen LogP) is 3.31. The zero-order valence-corrected chi connectivity index (χ0v) is 13.4. The van der Waals surface area contributed by atoms with E-state index >= 15 is 0 Å². The minimum atomic E-state index is 0.0636. The molecule has 0 amide bonds. The van der Waals surface area contributed by atoms with Gasteiger partial charge < -0.3 is 10.2 Å². The standard InChI is InChI=1S/C15H26N2OS/c1-5-9-17(6-2)10-7-8-16-13-12(11(3)4)14(18)15(13)19/h11,16H,5-10H2,1-4H3. The third-order valence-corrected chi connectivity index (χ3v) is 3.85. The van der Waals surface area contributed by atoms with Gasteiger partial charge in [-0.25, -0.2) is 0 Å². The summed E-state index contributed by atoms with van der Waals surface area (Å²) in [7, 11) is 0. The van der Waals surface area contributed by atoms with Crippen LogP contribution in [0.5, 0.6) is 0 Å². The van der Waals surface area contributed by atoms with Crippen LogP contribution in [0.4, 0.5) is 5.69 Å². The fraction of sp³-hybridized carbons (Fsp3) is 0.733. The molecule has 0 aromatic heterocycles. The first-order valence-corrected chi connectivity index (χ1v) is 7.73. The lowest BCUT2D eigenvalue weighted by molar-refractivity contribution is 0.288. The van der Waals surface area contributed by atoms with Crippen LogP contribution in [-0.4, -0.2) is 31.1 Å². The van der Waals surface area contributed by atoms with Gasteiger partial charge in [0.05, 0.1) is 5.69 Å². The first-order valence-electron chi connectivity index (χ1n) is 7.32. The summed E-state index contributed by atoms with van der Waals surface area (Å²) in [6, 6.07) is 0. The van der Waals surface area contributed by atoms with Crippen molar-refractivity contribution in [3.05, 3.63) is 20.3 Å². The molecule has 0 saturated carbocycles. The van der Waals surface area contributed by atoms with Crippen molar-refractivity contribution < 1.29 is 0 Å². The van der Waals surface area contributed by atoms with E-state index in [0.717, 1.165) is 43.9 Å². The van der Waals surface area contributed by atoms with Crippen molar-refractivity contribution in [2.45, 2.75) is 46.5 Å². The largest absolute Gasteiger partial charge is 0.383 e. The Morgan fingerprint density at radius 3 is 2.47 bits per heavy atom. The molecule has 0 fully saturated rings. The molecule has 0 radical (unpaired) electrons. The Morgan fingerprint density at radius 1 is 1.26 bits per heavy atom. The molecule has 108 valence electrons. The molecule has 19 heavy (non-hydrogen) atoms. The molecule has 0 saturated heterocycles. The maximum Gasteiger partial charge on any atom is 0.204 e. The Labute approximate surface area is 121 Å². The third kappa shape index (κ3) is 4.11. The van der Waals surface area contributed by atoms with E-state index < -0.39 is 0 Å². The van der Waals surface area contributed by atoms with Crippen LogP contribution in [0.15, 0.2) is 4.79 Å². The van der Waals surface area contributed by atoms with Gasteiger partial charge in [-0.05, 0) is 38.4 Å². The van der Waals surface area contributed by atoms with Crippen molar-refractivity contribution in [2.75, 3.05) is 31.5 Å². The lowest BCUT2D eigenvalue weighted by atomic mass is 9.96. The molecule has 0 aliphatic carbocycles. The second kappa shape index (κ2) is 7.75. The van der Waals surface area contributed by atoms with Crippen LogP contribution >= 0.6 is 12.2 Å². The number of nitrogens with one attached hydrogen (secondary N) is 1. The molecule has 0 aliphatic heterocycles. The molecule has 1 N–H and O–H groups in total. The van der Waals surface area contributed by atoms with E-state index in [1.165, 1.54) is 6.42 Å². The molecule has 1 rings (SSSR count). The van der Waals surface area contributed by atoms with Crippen LogP contribution in [-0.2, 0) is 0 Å². The minimum Gasteiger partial charge on any atom is -0.383 e. The fourth-order valence-corrected chi connectivity index (χ4v) is 2.69. The Morgan fingerprint density at radius 2 is 1.95 bits per heavy atom. The average Bonchev–Trinajstić information content (AvgIpc) is 2.39. The van der Waals surface area contributed by atoms with Crippen molar-refractivity contribution in [1.82, 2.24) is 4.90 Å². The highest BCUT2D eigenvalue weighted by molar-refractivity contribution is 7.71. The molecule has 0 heterocycles. The fourth-order valence-electron chi connectivity index (χ4n) is 2.40. The van der Waals surface area contributed by atoms with Crippen LogP contribution in [0.3, 0.4) is 0 Å². The van der Waals surface area contributed by atoms with Gasteiger partial charge in [-0.2, -0.15) is 0 Å². The van der Waals surface area contributed by atoms with Gasteiger partial charge in [-0.15, -0.1) is 0 Å². The second-order valence-electron chi connectivity index (χ2n) is 5.32. The first kappa shape index (κ1) is 16.3. The highest BCUT2D eigenvalue weighted by Gasteiger charge is 2.19. The van der Waals surface area contributed by atoms with E-state index in [0.29, 0.717) is 4.51 Å². The number of hydrogen-bond acceptors (Lipinski definition) is 4. The molecule has 0 spiro atoms. The van der Waals surface area contributed by atoms with E-state index in [-0.39, 0.29) is 11.3 Å². The summed E-state index contributed by atoms with van der Waals surface area (Å²) in [5.41, 5.74) is 1.87. The topological polar surface area (TPSA) is 32.3 Å². The molecule has 4 heteroatoms. The first-order chi connectivity index (χ1) is 9.02. The summed E-state index contributed by atoms with van der Waals surface area (Å²) >= 11 is 5.11. The van der Waals surface area contributed by atoms with Gasteiger partial charge in [-0.3, -0.25) is 4.79 Å². The zero-order valence-electron chi connectivity index (χ0n) is 12.6. The molecule has 0 aliphatic rings. The Kier molecular flexibility index (Phi) is 6.66. The van der Waals surface area contributed by atoms with Gasteiger partial charge >= 0.3 is 0 Å². The Hall–Kier alpha value is -0.740. The average molecular weight is 282 g/mol. The lowest BCUT2D eigenvalue weighted by Gasteiger charge is -2.21. The van der Waals surface area contributed by atoms with Crippen molar-refractivity contribution in [2.24, 2.45) is 0 Å². The summed E-state index contributed by atoms with van der Waals surface area (Å²) < 4.78 is 0.490. The quantitative estimate of drug-likeness (QED) is 0.556. The van der Waals surface area contributed by atoms with Crippen LogP contribution in [0.2, 0.25) is 0 Å². The van der Waals surface area contributed by atoms with Crippen LogP contribution < -0.4 is 10.7 Å². The van der Waals surface area contributed by atoms with Gasteiger partial charge in [0.15, 0.2) is 0 Å². The normalized spacial score (nSPS) is 11.7. The molecule has 1 aromatic rings. The Bertz CT molecular complexity index is 461. The number of hydrogen-bond donors (Lipinski definition) is 1. The number of nitrogens with zero attached hydrogens (tertiary/aromatic N) is 1. The van der Waals surface area contributed by atoms with Crippen molar-refractivity contribution >= 4 is 17.9 Å². The van der Waals surface area contributed by atoms with E-state index in [2.05, 4.69) is 24.1 Å². The van der Waals surface area contributed by atoms with Gasteiger partial charge in [0.2, 0.25) is 5.43 Å². The van der Waals surface area contributed by atoms with Gasteiger partial charge in [0.25, 0.3) is 0 Å². The summed E-state index contributed by atoms with van der Waals surface area (Å²) in [6.45, 7) is 12.7. The van der Waals surface area contributed by atoms with Crippen LogP contribution in [0.25, 0.3) is 0 Å². The zero-order chi connectivity index (χ0) is 14.4. The van der Waals surface area contributed by atoms with E-state index in [1.54, 1.807) is 0 Å². The summed E-state index contributed by atoms with van der Waals surface area (Å²) in [4.78, 5) is 14.1. The highest BCUT2D eigenvalue weighted by atomic mass is 32.1. The van der Waals surface area contributed by atoms with Crippen molar-refractivity contribution in [1.29, 1.82) is 0 Å². The molecule has 1 aromatic carbocycles.